The van der Waals surface area contributed by atoms with Crippen molar-refractivity contribution in [3.05, 3.63) is 56.0 Å². The van der Waals surface area contributed by atoms with Gasteiger partial charge in [-0.15, -0.1) is 11.3 Å². The molecule has 0 aliphatic carbocycles. The molecule has 0 unspecified atom stereocenters. The number of halogens is 2. The van der Waals surface area contributed by atoms with Crippen molar-refractivity contribution in [1.82, 2.24) is 4.98 Å². The summed E-state index contributed by atoms with van der Waals surface area (Å²) < 4.78 is 0. The van der Waals surface area contributed by atoms with E-state index in [2.05, 4.69) is 4.98 Å². The van der Waals surface area contributed by atoms with Crippen LogP contribution in [0.15, 0.2) is 24.3 Å². The number of hydrogen-bond acceptors (Lipinski definition) is 4. The lowest BCUT2D eigenvalue weighted by atomic mass is 10.1. The number of aryl methyl sites for hydroxylation is 2. The molecule has 0 spiro atoms. The smallest absolute Gasteiger partial charge is 0.206 e. The van der Waals surface area contributed by atoms with Crippen LogP contribution in [0, 0.1) is 13.8 Å². The highest BCUT2D eigenvalue weighted by Gasteiger charge is 2.21. The Morgan fingerprint density at radius 2 is 1.95 bits per heavy atom. The Kier molecular flexibility index (Phi) is 3.85. The Labute approximate surface area is 141 Å². The first-order valence-corrected chi connectivity index (χ1v) is 8.11. The molecule has 3 rings (SSSR count). The van der Waals surface area contributed by atoms with Crippen molar-refractivity contribution in [3.63, 3.8) is 0 Å². The number of ketones is 1. The Hall–Kier alpha value is -1.62. The average molecular weight is 351 g/mol. The summed E-state index contributed by atoms with van der Waals surface area (Å²) in [5, 5.41) is 1.64. The molecule has 0 saturated heterocycles. The maximum atomic E-state index is 12.7. The van der Waals surface area contributed by atoms with E-state index in [1.165, 1.54) is 11.3 Å². The van der Waals surface area contributed by atoms with Crippen LogP contribution in [-0.2, 0) is 0 Å². The van der Waals surface area contributed by atoms with Crippen LogP contribution in [0.5, 0.6) is 0 Å². The van der Waals surface area contributed by atoms with Crippen molar-refractivity contribution in [2.24, 2.45) is 0 Å². The summed E-state index contributed by atoms with van der Waals surface area (Å²) in [6.07, 6.45) is 0. The first-order chi connectivity index (χ1) is 10.4. The molecule has 2 N–H and O–H groups in total. The van der Waals surface area contributed by atoms with Gasteiger partial charge in [0.1, 0.15) is 9.71 Å². The standard InChI is InChI=1S/C16H12Cl2N2OS/c1-7-5-8(2)20-16-12(7)13(19)15(22-16)14(21)10-4-3-9(17)6-11(10)18/h3-6H,19H2,1-2H3. The van der Waals surface area contributed by atoms with Gasteiger partial charge < -0.3 is 5.73 Å². The van der Waals surface area contributed by atoms with E-state index in [1.807, 2.05) is 19.9 Å². The Bertz CT molecular complexity index is 918. The van der Waals surface area contributed by atoms with E-state index in [-0.39, 0.29) is 5.78 Å². The molecule has 0 aliphatic heterocycles. The van der Waals surface area contributed by atoms with Crippen molar-refractivity contribution in [2.45, 2.75) is 13.8 Å². The van der Waals surface area contributed by atoms with Crippen LogP contribution in [0.1, 0.15) is 26.5 Å². The molecule has 2 aromatic heterocycles. The number of nitrogens with zero attached hydrogens (tertiary/aromatic N) is 1. The highest BCUT2D eigenvalue weighted by atomic mass is 35.5. The van der Waals surface area contributed by atoms with Gasteiger partial charge in [-0.2, -0.15) is 0 Å². The van der Waals surface area contributed by atoms with Crippen LogP contribution in [-0.4, -0.2) is 10.8 Å². The maximum absolute atomic E-state index is 12.7. The van der Waals surface area contributed by atoms with Crippen molar-refractivity contribution < 1.29 is 4.79 Å². The second-order valence-electron chi connectivity index (χ2n) is 5.06. The molecule has 2 heterocycles. The number of carbonyl (C=O) groups excluding carboxylic acids is 1. The van der Waals surface area contributed by atoms with Crippen LogP contribution < -0.4 is 5.73 Å². The number of nitrogens with two attached hydrogens (primary N) is 1. The van der Waals surface area contributed by atoms with E-state index in [0.717, 1.165) is 21.5 Å². The predicted molar refractivity (Wildman–Crippen MR) is 93.4 cm³/mol. The summed E-state index contributed by atoms with van der Waals surface area (Å²) >= 11 is 13.3. The van der Waals surface area contributed by atoms with E-state index in [9.17, 15) is 4.79 Å². The maximum Gasteiger partial charge on any atom is 0.206 e. The van der Waals surface area contributed by atoms with Gasteiger partial charge in [-0.1, -0.05) is 23.2 Å². The Balaban J connectivity index is 2.20. The zero-order valence-electron chi connectivity index (χ0n) is 11.9. The lowest BCUT2D eigenvalue weighted by molar-refractivity contribution is 0.104. The van der Waals surface area contributed by atoms with Crippen molar-refractivity contribution in [3.8, 4) is 0 Å². The third kappa shape index (κ3) is 2.47. The molecule has 3 nitrogen and oxygen atoms in total. The number of pyridine rings is 1. The van der Waals surface area contributed by atoms with E-state index in [4.69, 9.17) is 28.9 Å². The third-order valence-electron chi connectivity index (χ3n) is 3.41. The van der Waals surface area contributed by atoms with Gasteiger partial charge in [-0.05, 0) is 43.7 Å². The molecule has 6 heteroatoms. The number of benzene rings is 1. The van der Waals surface area contributed by atoms with Crippen LogP contribution >= 0.6 is 34.5 Å². The Morgan fingerprint density at radius 3 is 2.64 bits per heavy atom. The summed E-state index contributed by atoms with van der Waals surface area (Å²) in [6.45, 7) is 3.88. The molecule has 22 heavy (non-hydrogen) atoms. The van der Waals surface area contributed by atoms with E-state index in [0.29, 0.717) is 26.2 Å². The summed E-state index contributed by atoms with van der Waals surface area (Å²) in [4.78, 5) is 18.4. The summed E-state index contributed by atoms with van der Waals surface area (Å²) in [5.41, 5.74) is 8.95. The van der Waals surface area contributed by atoms with Gasteiger partial charge in [0.15, 0.2) is 0 Å². The second-order valence-corrected chi connectivity index (χ2v) is 6.90. The number of fused-ring (bicyclic) bond motifs is 1. The molecule has 3 aromatic rings. The number of aromatic nitrogens is 1. The number of carbonyl (C=O) groups is 1. The molecule has 0 saturated carbocycles. The lowest BCUT2D eigenvalue weighted by Gasteiger charge is -2.03. The second kappa shape index (κ2) is 5.54. The van der Waals surface area contributed by atoms with Gasteiger partial charge in [-0.25, -0.2) is 4.98 Å². The molecule has 1 aromatic carbocycles. The topological polar surface area (TPSA) is 56.0 Å². The molecule has 0 aliphatic rings. The minimum absolute atomic E-state index is 0.209. The quantitative estimate of drug-likeness (QED) is 0.659. The van der Waals surface area contributed by atoms with Crippen LogP contribution in [0.3, 0.4) is 0 Å². The fraction of sp³-hybridized carbons (Fsp3) is 0.125. The van der Waals surface area contributed by atoms with Gasteiger partial charge >= 0.3 is 0 Å². The SMILES string of the molecule is Cc1cc(C)c2c(N)c(C(=O)c3ccc(Cl)cc3Cl)sc2n1. The predicted octanol–water partition coefficient (Wildman–Crippen LogP) is 5.03. The van der Waals surface area contributed by atoms with E-state index >= 15 is 0 Å². The fourth-order valence-corrected chi connectivity index (χ4v) is 4.10. The average Bonchev–Trinajstić information content (AvgIpc) is 2.75. The normalized spacial score (nSPS) is 11.1. The van der Waals surface area contributed by atoms with Gasteiger partial charge in [0.2, 0.25) is 5.78 Å². The first kappa shape index (κ1) is 15.3. The van der Waals surface area contributed by atoms with Gasteiger partial charge in [0.25, 0.3) is 0 Å². The lowest BCUT2D eigenvalue weighted by Crippen LogP contribution is -2.03. The number of anilines is 1. The summed E-state index contributed by atoms with van der Waals surface area (Å²) in [7, 11) is 0. The van der Waals surface area contributed by atoms with Crippen LogP contribution in [0.2, 0.25) is 10.0 Å². The zero-order valence-corrected chi connectivity index (χ0v) is 14.2. The molecule has 0 amide bonds. The van der Waals surface area contributed by atoms with Crippen LogP contribution in [0.25, 0.3) is 10.2 Å². The first-order valence-electron chi connectivity index (χ1n) is 6.54. The third-order valence-corrected chi connectivity index (χ3v) is 5.05. The van der Waals surface area contributed by atoms with Crippen LogP contribution in [0.4, 0.5) is 5.69 Å². The molecular weight excluding hydrogens is 339 g/mol. The van der Waals surface area contributed by atoms with Crippen molar-refractivity contribution in [1.29, 1.82) is 0 Å². The van der Waals surface area contributed by atoms with Gasteiger partial charge in [0.05, 0.1) is 10.7 Å². The minimum Gasteiger partial charge on any atom is -0.397 e. The highest BCUT2D eigenvalue weighted by Crippen LogP contribution is 2.37. The highest BCUT2D eigenvalue weighted by molar-refractivity contribution is 7.21. The van der Waals surface area contributed by atoms with Gasteiger partial charge in [0, 0.05) is 21.7 Å². The molecule has 112 valence electrons. The molecule has 0 fully saturated rings. The largest absolute Gasteiger partial charge is 0.397 e. The molecule has 0 bridgehead atoms. The number of nitrogen functional groups attached to an aromatic ring is 1. The van der Waals surface area contributed by atoms with E-state index < -0.39 is 0 Å². The number of rotatable bonds is 2. The molecular formula is C16H12Cl2N2OS. The fourth-order valence-electron chi connectivity index (χ4n) is 2.43. The van der Waals surface area contributed by atoms with Gasteiger partial charge in [-0.3, -0.25) is 4.79 Å². The van der Waals surface area contributed by atoms with Crippen molar-refractivity contribution in [2.75, 3.05) is 5.73 Å². The number of hydrogen-bond donors (Lipinski definition) is 1. The summed E-state index contributed by atoms with van der Waals surface area (Å²) in [6, 6.07) is 6.75. The number of thiophene rings is 1. The van der Waals surface area contributed by atoms with Crippen molar-refractivity contribution >= 4 is 56.2 Å². The molecule has 0 radical (unpaired) electrons. The zero-order chi connectivity index (χ0) is 16.0. The Morgan fingerprint density at radius 1 is 1.23 bits per heavy atom. The molecule has 0 atom stereocenters. The monoisotopic (exact) mass is 350 g/mol. The minimum atomic E-state index is -0.209. The summed E-state index contributed by atoms with van der Waals surface area (Å²) in [5.74, 6) is -0.209. The van der Waals surface area contributed by atoms with E-state index in [1.54, 1.807) is 18.2 Å².